The third-order valence-corrected chi connectivity index (χ3v) is 2.57. The van der Waals surface area contributed by atoms with Gasteiger partial charge in [0.05, 0.1) is 5.60 Å². The van der Waals surface area contributed by atoms with Crippen LogP contribution in [0.5, 0.6) is 0 Å². The van der Waals surface area contributed by atoms with Crippen molar-refractivity contribution in [3.05, 3.63) is 0 Å². The first kappa shape index (κ1) is 11.9. The Balaban J connectivity index is 3.90. The predicted molar refractivity (Wildman–Crippen MR) is 53.1 cm³/mol. The van der Waals surface area contributed by atoms with E-state index in [-0.39, 0.29) is 5.60 Å². The Labute approximate surface area is 76.5 Å². The zero-order valence-corrected chi connectivity index (χ0v) is 9.05. The third-order valence-electron chi connectivity index (χ3n) is 2.57. The summed E-state index contributed by atoms with van der Waals surface area (Å²) in [6, 6.07) is 0.305. The second kappa shape index (κ2) is 4.83. The highest BCUT2D eigenvalue weighted by atomic mass is 16.5. The molecule has 2 unspecified atom stereocenters. The van der Waals surface area contributed by atoms with Crippen molar-refractivity contribution in [2.24, 2.45) is 11.7 Å². The second-order valence-electron chi connectivity index (χ2n) is 4.22. The number of methoxy groups -OCH3 is 1. The fourth-order valence-electron chi connectivity index (χ4n) is 1.41. The molecule has 0 heterocycles. The van der Waals surface area contributed by atoms with Crippen molar-refractivity contribution < 1.29 is 4.74 Å². The van der Waals surface area contributed by atoms with Gasteiger partial charge in [0, 0.05) is 13.2 Å². The highest BCUT2D eigenvalue weighted by Crippen LogP contribution is 2.21. The van der Waals surface area contributed by atoms with Crippen molar-refractivity contribution in [3.63, 3.8) is 0 Å². The van der Waals surface area contributed by atoms with Crippen LogP contribution in [0, 0.1) is 5.92 Å². The summed E-state index contributed by atoms with van der Waals surface area (Å²) in [6.45, 7) is 8.52. The molecule has 2 heteroatoms. The van der Waals surface area contributed by atoms with E-state index in [2.05, 4.69) is 27.7 Å². The summed E-state index contributed by atoms with van der Waals surface area (Å²) in [4.78, 5) is 0. The summed E-state index contributed by atoms with van der Waals surface area (Å²) < 4.78 is 5.35. The smallest absolute Gasteiger partial charge is 0.0625 e. The quantitative estimate of drug-likeness (QED) is 0.691. The molecule has 0 rings (SSSR count). The summed E-state index contributed by atoms with van der Waals surface area (Å²) in [7, 11) is 1.75. The highest BCUT2D eigenvalue weighted by molar-refractivity contribution is 4.77. The van der Waals surface area contributed by atoms with Gasteiger partial charge in [-0.2, -0.15) is 0 Å². The van der Waals surface area contributed by atoms with E-state index in [0.29, 0.717) is 12.0 Å². The first-order chi connectivity index (χ1) is 5.43. The molecule has 0 aliphatic rings. The van der Waals surface area contributed by atoms with E-state index in [4.69, 9.17) is 10.5 Å². The number of rotatable bonds is 5. The van der Waals surface area contributed by atoms with Crippen LogP contribution in [0.15, 0.2) is 0 Å². The Morgan fingerprint density at radius 3 is 2.25 bits per heavy atom. The number of nitrogens with two attached hydrogens (primary N) is 1. The Kier molecular flexibility index (Phi) is 4.80. The van der Waals surface area contributed by atoms with Gasteiger partial charge in [0.1, 0.15) is 0 Å². The summed E-state index contributed by atoms with van der Waals surface area (Å²) in [6.07, 6.45) is 2.07. The molecule has 0 aromatic carbocycles. The van der Waals surface area contributed by atoms with Gasteiger partial charge in [-0.25, -0.2) is 0 Å². The van der Waals surface area contributed by atoms with Crippen molar-refractivity contribution in [2.45, 2.75) is 52.2 Å². The lowest BCUT2D eigenvalue weighted by atomic mass is 9.88. The lowest BCUT2D eigenvalue weighted by Gasteiger charge is -2.29. The molecule has 0 aromatic rings. The lowest BCUT2D eigenvalue weighted by Crippen LogP contribution is -2.34. The summed E-state index contributed by atoms with van der Waals surface area (Å²) in [5.74, 6) is 0.532. The van der Waals surface area contributed by atoms with E-state index in [1.807, 2.05) is 0 Å². The van der Waals surface area contributed by atoms with Crippen molar-refractivity contribution in [1.82, 2.24) is 0 Å². The number of hydrogen-bond acceptors (Lipinski definition) is 2. The van der Waals surface area contributed by atoms with Crippen LogP contribution in [0.1, 0.15) is 40.5 Å². The van der Waals surface area contributed by atoms with Gasteiger partial charge in [-0.15, -0.1) is 0 Å². The van der Waals surface area contributed by atoms with Crippen LogP contribution in [-0.2, 0) is 4.74 Å². The fraction of sp³-hybridized carbons (Fsp3) is 1.00. The number of hydrogen-bond donors (Lipinski definition) is 1. The fourth-order valence-corrected chi connectivity index (χ4v) is 1.41. The largest absolute Gasteiger partial charge is 0.379 e. The zero-order valence-electron chi connectivity index (χ0n) is 9.05. The summed E-state index contributed by atoms with van der Waals surface area (Å²) in [5.41, 5.74) is 5.89. The van der Waals surface area contributed by atoms with Crippen molar-refractivity contribution >= 4 is 0 Å². The molecule has 0 aliphatic heterocycles. The molecule has 0 spiro atoms. The van der Waals surface area contributed by atoms with Crippen LogP contribution in [0.4, 0.5) is 0 Å². The van der Waals surface area contributed by atoms with Gasteiger partial charge in [0.25, 0.3) is 0 Å². The topological polar surface area (TPSA) is 35.2 Å². The average Bonchev–Trinajstić information content (AvgIpc) is 2.02. The van der Waals surface area contributed by atoms with Crippen LogP contribution in [0.3, 0.4) is 0 Å². The molecule has 74 valence electrons. The van der Waals surface area contributed by atoms with Crippen LogP contribution in [0.25, 0.3) is 0 Å². The predicted octanol–water partition coefficient (Wildman–Crippen LogP) is 2.17. The van der Waals surface area contributed by atoms with Crippen molar-refractivity contribution in [3.8, 4) is 0 Å². The minimum Gasteiger partial charge on any atom is -0.379 e. The van der Waals surface area contributed by atoms with Crippen LogP contribution in [0.2, 0.25) is 0 Å². The summed E-state index contributed by atoms with van der Waals surface area (Å²) in [5, 5.41) is 0. The van der Waals surface area contributed by atoms with Gasteiger partial charge < -0.3 is 10.5 Å². The van der Waals surface area contributed by atoms with Crippen LogP contribution < -0.4 is 5.73 Å². The van der Waals surface area contributed by atoms with E-state index < -0.39 is 0 Å². The molecule has 0 radical (unpaired) electrons. The van der Waals surface area contributed by atoms with Gasteiger partial charge in [0.2, 0.25) is 0 Å². The first-order valence-electron chi connectivity index (χ1n) is 4.73. The maximum atomic E-state index is 5.92. The Hall–Kier alpha value is -0.0800. The van der Waals surface area contributed by atoms with Gasteiger partial charge in [0.15, 0.2) is 0 Å². The molecule has 2 nitrogen and oxygen atoms in total. The van der Waals surface area contributed by atoms with Gasteiger partial charge in [-0.1, -0.05) is 13.8 Å². The molecule has 0 aliphatic carbocycles. The monoisotopic (exact) mass is 173 g/mol. The van der Waals surface area contributed by atoms with Gasteiger partial charge in [-0.3, -0.25) is 0 Å². The van der Waals surface area contributed by atoms with E-state index in [1.54, 1.807) is 7.11 Å². The Bertz CT molecular complexity index is 123. The molecule has 0 saturated carbocycles. The second-order valence-corrected chi connectivity index (χ2v) is 4.22. The molecular formula is C10H23NO. The lowest BCUT2D eigenvalue weighted by molar-refractivity contribution is 0.00105. The van der Waals surface area contributed by atoms with Crippen molar-refractivity contribution in [1.29, 1.82) is 0 Å². The van der Waals surface area contributed by atoms with Gasteiger partial charge >= 0.3 is 0 Å². The van der Waals surface area contributed by atoms with Crippen LogP contribution >= 0.6 is 0 Å². The third kappa shape index (κ3) is 4.07. The molecule has 0 fully saturated rings. The minimum atomic E-state index is -0.0355. The minimum absolute atomic E-state index is 0.0355. The molecule has 2 N–H and O–H groups in total. The molecule has 12 heavy (non-hydrogen) atoms. The maximum Gasteiger partial charge on any atom is 0.0625 e. The zero-order chi connectivity index (χ0) is 9.78. The van der Waals surface area contributed by atoms with E-state index in [0.717, 1.165) is 12.8 Å². The normalized spacial score (nSPS) is 17.5. The van der Waals surface area contributed by atoms with Crippen LogP contribution in [-0.4, -0.2) is 18.8 Å². The van der Waals surface area contributed by atoms with Gasteiger partial charge in [-0.05, 0) is 32.6 Å². The molecule has 0 bridgehead atoms. The Morgan fingerprint density at radius 2 is 1.92 bits per heavy atom. The average molecular weight is 173 g/mol. The molecule has 0 amide bonds. The molecule has 0 aromatic heterocycles. The first-order valence-corrected chi connectivity index (χ1v) is 4.73. The standard InChI is InChI=1S/C10H23NO/c1-6-9(11)8(2)7-10(3,4)12-5/h8-9H,6-7,11H2,1-5H3. The number of ether oxygens (including phenoxy) is 1. The SMILES string of the molecule is CCC(N)C(C)CC(C)(C)OC. The maximum absolute atomic E-state index is 5.92. The van der Waals surface area contributed by atoms with Crippen molar-refractivity contribution in [2.75, 3.05) is 7.11 Å². The molecule has 2 atom stereocenters. The molecular weight excluding hydrogens is 150 g/mol. The summed E-state index contributed by atoms with van der Waals surface area (Å²) >= 11 is 0. The van der Waals surface area contributed by atoms with E-state index in [9.17, 15) is 0 Å². The highest BCUT2D eigenvalue weighted by Gasteiger charge is 2.22. The van der Waals surface area contributed by atoms with E-state index >= 15 is 0 Å². The van der Waals surface area contributed by atoms with E-state index in [1.165, 1.54) is 0 Å². The molecule has 0 saturated heterocycles. The Morgan fingerprint density at radius 1 is 1.42 bits per heavy atom.